The molecule has 0 heterocycles. The van der Waals surface area contributed by atoms with Crippen molar-refractivity contribution in [3.8, 4) is 0 Å². The molecule has 104 valence electrons. The zero-order valence-electron chi connectivity index (χ0n) is 11.4. The van der Waals surface area contributed by atoms with E-state index in [0.29, 0.717) is 19.8 Å². The van der Waals surface area contributed by atoms with E-state index in [2.05, 4.69) is 36.3 Å². The lowest BCUT2D eigenvalue weighted by Crippen LogP contribution is -2.05. The minimum atomic E-state index is -2.25. The van der Waals surface area contributed by atoms with Gasteiger partial charge in [-0.15, -0.1) is 0 Å². The number of unbranched alkanes of at least 4 members (excludes halogenated alkanes) is 3. The van der Waals surface area contributed by atoms with Crippen LogP contribution < -0.4 is 0 Å². The third kappa shape index (κ3) is 10.4. The van der Waals surface area contributed by atoms with E-state index in [1.807, 2.05) is 0 Å². The molecule has 17 heavy (non-hydrogen) atoms. The zero-order chi connectivity index (χ0) is 13.0. The van der Waals surface area contributed by atoms with Crippen LogP contribution in [-0.2, 0) is 13.6 Å². The van der Waals surface area contributed by atoms with E-state index >= 15 is 0 Å². The van der Waals surface area contributed by atoms with Gasteiger partial charge in [0.15, 0.2) is 0 Å². The number of rotatable bonds is 12. The van der Waals surface area contributed by atoms with Crippen molar-refractivity contribution in [2.45, 2.75) is 59.3 Å². The Morgan fingerprint density at radius 1 is 0.706 bits per heavy atom. The average Bonchev–Trinajstić information content (AvgIpc) is 2.30. The lowest BCUT2D eigenvalue weighted by molar-refractivity contribution is 0.150. The molecule has 0 aromatic carbocycles. The first kappa shape index (κ1) is 17.8. The first-order valence-corrected chi connectivity index (χ1v) is 10.3. The van der Waals surface area contributed by atoms with Gasteiger partial charge in [0.05, 0.1) is 19.8 Å². The summed E-state index contributed by atoms with van der Waals surface area (Å²) in [4.78, 5) is 0. The number of hydrogen-bond acceptors (Lipinski definition) is 3. The smallest absolute Gasteiger partial charge is 0.169 e. The molecule has 0 amide bonds. The quantitative estimate of drug-likeness (QED) is 0.349. The van der Waals surface area contributed by atoms with Gasteiger partial charge in [0.25, 0.3) is 0 Å². The molecule has 5 heteroatoms. The molecule has 0 saturated carbocycles. The topological polar surface area (TPSA) is 27.7 Å². The fourth-order valence-electron chi connectivity index (χ4n) is 1.07. The highest BCUT2D eigenvalue weighted by Crippen LogP contribution is 2.69. The Balaban J connectivity index is 3.95. The summed E-state index contributed by atoms with van der Waals surface area (Å²) in [5.74, 6) is 0. The Morgan fingerprint density at radius 2 is 1.00 bits per heavy atom. The molecule has 0 atom stereocenters. The lowest BCUT2D eigenvalue weighted by Gasteiger charge is -2.15. The molecule has 0 bridgehead atoms. The molecule has 0 saturated heterocycles. The maximum absolute atomic E-state index is 5.75. The van der Waals surface area contributed by atoms with Crippen LogP contribution in [0.25, 0.3) is 0 Å². The maximum Gasteiger partial charge on any atom is 0.487 e. The fourth-order valence-corrected chi connectivity index (χ4v) is 3.63. The van der Waals surface area contributed by atoms with Gasteiger partial charge in [-0.3, -0.25) is 0 Å². The molecule has 0 radical (unpaired) electrons. The summed E-state index contributed by atoms with van der Waals surface area (Å²) in [5.41, 5.74) is 0. The molecule has 0 N–H and O–H groups in total. The van der Waals surface area contributed by atoms with Gasteiger partial charge in [0, 0.05) is 0 Å². The van der Waals surface area contributed by atoms with Crippen LogP contribution in [0.3, 0.4) is 0 Å². The van der Waals surface area contributed by atoms with Gasteiger partial charge in [-0.1, -0.05) is 40.0 Å². The van der Waals surface area contributed by atoms with Gasteiger partial charge in [-0.25, -0.2) is 0 Å². The van der Waals surface area contributed by atoms with Crippen LogP contribution in [0.5, 0.6) is 0 Å². The summed E-state index contributed by atoms with van der Waals surface area (Å²) in [6.07, 6.45) is 6.50. The molecule has 0 aliphatic rings. The van der Waals surface area contributed by atoms with Crippen LogP contribution in [0, 0.1) is 0 Å². The van der Waals surface area contributed by atoms with Crippen LogP contribution in [-0.4, -0.2) is 19.8 Å². The van der Waals surface area contributed by atoms with Crippen molar-refractivity contribution in [1.29, 1.82) is 0 Å². The second kappa shape index (κ2) is 11.9. The Hall–Kier alpha value is 0.790. The van der Waals surface area contributed by atoms with Gasteiger partial charge in [-0.05, 0) is 19.3 Å². The van der Waals surface area contributed by atoms with Crippen LogP contribution in [0.4, 0.5) is 0 Å². The third-order valence-electron chi connectivity index (χ3n) is 2.23. The second-order valence-electron chi connectivity index (χ2n) is 3.99. The standard InChI is InChI=1S/C12H27BrO3P/c1-4-7-10-14-17(13,15-11-8-5-2)16-12-9-6-3/h4-12H2,1-3H3/q+1. The van der Waals surface area contributed by atoms with Crippen LogP contribution in [0.2, 0.25) is 0 Å². The molecular formula is C12H27BrO3P+. The van der Waals surface area contributed by atoms with Gasteiger partial charge < -0.3 is 0 Å². The van der Waals surface area contributed by atoms with E-state index in [0.717, 1.165) is 38.5 Å². The van der Waals surface area contributed by atoms with E-state index in [4.69, 9.17) is 13.6 Å². The average molecular weight is 330 g/mol. The van der Waals surface area contributed by atoms with Crippen LogP contribution >= 0.6 is 22.1 Å². The molecule has 0 unspecified atom stereocenters. The van der Waals surface area contributed by atoms with E-state index in [-0.39, 0.29) is 0 Å². The van der Waals surface area contributed by atoms with E-state index < -0.39 is 6.65 Å². The van der Waals surface area contributed by atoms with E-state index in [1.54, 1.807) is 0 Å². The van der Waals surface area contributed by atoms with Gasteiger partial charge in [0.1, 0.15) is 0 Å². The first-order valence-electron chi connectivity index (χ1n) is 6.70. The monoisotopic (exact) mass is 329 g/mol. The molecule has 0 rings (SSSR count). The number of hydrogen-bond donors (Lipinski definition) is 0. The summed E-state index contributed by atoms with van der Waals surface area (Å²) in [6, 6.07) is 0. The Kier molecular flexibility index (Phi) is 12.4. The second-order valence-corrected chi connectivity index (χ2v) is 8.23. The Labute approximate surface area is 115 Å². The predicted octanol–water partition coefficient (Wildman–Crippen LogP) is 5.51. The molecule has 0 fully saturated rings. The van der Waals surface area contributed by atoms with Crippen molar-refractivity contribution < 1.29 is 13.6 Å². The normalized spacial score (nSPS) is 12.0. The van der Waals surface area contributed by atoms with Gasteiger partial charge in [0.2, 0.25) is 15.5 Å². The van der Waals surface area contributed by atoms with Gasteiger partial charge in [-0.2, -0.15) is 13.6 Å². The highest BCUT2D eigenvalue weighted by atomic mass is 79.9. The first-order chi connectivity index (χ1) is 8.18. The molecule has 0 aromatic heterocycles. The van der Waals surface area contributed by atoms with E-state index in [9.17, 15) is 0 Å². The minimum Gasteiger partial charge on any atom is -0.169 e. The summed E-state index contributed by atoms with van der Waals surface area (Å²) in [6.45, 7) is 6.30. The largest absolute Gasteiger partial charge is 0.487 e. The highest BCUT2D eigenvalue weighted by Gasteiger charge is 2.43. The van der Waals surface area contributed by atoms with Crippen molar-refractivity contribution >= 4 is 22.1 Å². The summed E-state index contributed by atoms with van der Waals surface area (Å²) in [5, 5.41) is 0. The van der Waals surface area contributed by atoms with Crippen molar-refractivity contribution in [2.75, 3.05) is 19.8 Å². The minimum absolute atomic E-state index is 0.702. The molecule has 3 nitrogen and oxygen atoms in total. The highest BCUT2D eigenvalue weighted by molar-refractivity contribution is 9.40. The van der Waals surface area contributed by atoms with Crippen LogP contribution in [0.15, 0.2) is 0 Å². The van der Waals surface area contributed by atoms with Crippen molar-refractivity contribution in [3.63, 3.8) is 0 Å². The van der Waals surface area contributed by atoms with Crippen molar-refractivity contribution in [1.82, 2.24) is 0 Å². The molecule has 0 aliphatic heterocycles. The fraction of sp³-hybridized carbons (Fsp3) is 1.00. The Morgan fingerprint density at radius 3 is 1.24 bits per heavy atom. The molecule has 0 spiro atoms. The molecular weight excluding hydrogens is 303 g/mol. The SMILES string of the molecule is CCCCO[P+](Br)(OCCCC)OCCCC. The van der Waals surface area contributed by atoms with Crippen molar-refractivity contribution in [2.24, 2.45) is 0 Å². The molecule has 0 aromatic rings. The third-order valence-corrected chi connectivity index (χ3v) is 5.55. The molecule has 0 aliphatic carbocycles. The zero-order valence-corrected chi connectivity index (χ0v) is 13.9. The summed E-state index contributed by atoms with van der Waals surface area (Å²) < 4.78 is 17.2. The summed E-state index contributed by atoms with van der Waals surface area (Å²) >= 11 is 3.52. The lowest BCUT2D eigenvalue weighted by atomic mass is 10.4. The van der Waals surface area contributed by atoms with E-state index in [1.165, 1.54) is 0 Å². The summed E-state index contributed by atoms with van der Waals surface area (Å²) in [7, 11) is 0. The maximum atomic E-state index is 5.75. The Bertz CT molecular complexity index is 143. The van der Waals surface area contributed by atoms with Crippen molar-refractivity contribution in [3.05, 3.63) is 0 Å². The predicted molar refractivity (Wildman–Crippen MR) is 78.4 cm³/mol. The van der Waals surface area contributed by atoms with Gasteiger partial charge >= 0.3 is 6.65 Å². The van der Waals surface area contributed by atoms with Crippen LogP contribution in [0.1, 0.15) is 59.3 Å². The number of halogens is 1.